The van der Waals surface area contributed by atoms with Gasteiger partial charge in [0.1, 0.15) is 0 Å². The summed E-state index contributed by atoms with van der Waals surface area (Å²) in [5.41, 5.74) is 1.47. The van der Waals surface area contributed by atoms with Gasteiger partial charge in [-0.05, 0) is 58.4 Å². The number of rotatable bonds is 2. The SMILES string of the molecule is BrC1CSCC1Cc1ccc(I)cc1. The molecule has 0 bridgehead atoms. The van der Waals surface area contributed by atoms with E-state index < -0.39 is 0 Å². The largest absolute Gasteiger partial charge is 0.160 e. The van der Waals surface area contributed by atoms with E-state index in [1.165, 1.54) is 27.1 Å². The number of hydrogen-bond acceptors (Lipinski definition) is 1. The van der Waals surface area contributed by atoms with Gasteiger partial charge in [0.15, 0.2) is 0 Å². The molecule has 1 aromatic carbocycles. The van der Waals surface area contributed by atoms with Crippen molar-refractivity contribution in [3.63, 3.8) is 0 Å². The topological polar surface area (TPSA) is 0 Å². The first-order valence-electron chi connectivity index (χ1n) is 4.72. The van der Waals surface area contributed by atoms with E-state index >= 15 is 0 Å². The number of halogens is 2. The van der Waals surface area contributed by atoms with Crippen LogP contribution in [0.1, 0.15) is 5.56 Å². The lowest BCUT2D eigenvalue weighted by atomic mass is 9.99. The minimum Gasteiger partial charge on any atom is -0.160 e. The third-order valence-corrected chi connectivity index (χ3v) is 6.01. The highest BCUT2D eigenvalue weighted by molar-refractivity contribution is 14.1. The molecule has 1 aliphatic rings. The Labute approximate surface area is 112 Å². The molecule has 0 saturated carbocycles. The fraction of sp³-hybridized carbons (Fsp3) is 0.455. The van der Waals surface area contributed by atoms with Crippen LogP contribution in [-0.2, 0) is 6.42 Å². The Balaban J connectivity index is 2.00. The molecule has 0 radical (unpaired) electrons. The van der Waals surface area contributed by atoms with Gasteiger partial charge in [-0.15, -0.1) is 0 Å². The number of hydrogen-bond donors (Lipinski definition) is 0. The Bertz CT molecular complexity index is 299. The molecule has 14 heavy (non-hydrogen) atoms. The summed E-state index contributed by atoms with van der Waals surface area (Å²) in [6.45, 7) is 0. The first kappa shape index (κ1) is 11.3. The van der Waals surface area contributed by atoms with Gasteiger partial charge in [-0.1, -0.05) is 28.1 Å². The Hall–Kier alpha value is 0.780. The highest BCUT2D eigenvalue weighted by Crippen LogP contribution is 2.32. The summed E-state index contributed by atoms with van der Waals surface area (Å²) in [6, 6.07) is 8.90. The summed E-state index contributed by atoms with van der Waals surface area (Å²) in [5, 5.41) is 0. The lowest BCUT2D eigenvalue weighted by Gasteiger charge is -2.12. The average Bonchev–Trinajstić information content (AvgIpc) is 2.56. The molecule has 1 saturated heterocycles. The van der Waals surface area contributed by atoms with E-state index in [2.05, 4.69) is 74.5 Å². The first-order valence-corrected chi connectivity index (χ1v) is 7.87. The van der Waals surface area contributed by atoms with Crippen molar-refractivity contribution in [2.45, 2.75) is 11.2 Å². The second-order valence-electron chi connectivity index (χ2n) is 3.64. The molecule has 76 valence electrons. The van der Waals surface area contributed by atoms with Crippen molar-refractivity contribution < 1.29 is 0 Å². The maximum absolute atomic E-state index is 3.75. The molecule has 0 spiro atoms. The molecule has 0 N–H and O–H groups in total. The molecule has 3 heteroatoms. The Kier molecular flexibility index (Phi) is 4.20. The lowest BCUT2D eigenvalue weighted by molar-refractivity contribution is 0.616. The van der Waals surface area contributed by atoms with Gasteiger partial charge in [-0.25, -0.2) is 0 Å². The summed E-state index contributed by atoms with van der Waals surface area (Å²) in [7, 11) is 0. The van der Waals surface area contributed by atoms with E-state index in [0.29, 0.717) is 4.83 Å². The summed E-state index contributed by atoms with van der Waals surface area (Å²) in [6.07, 6.45) is 1.22. The van der Waals surface area contributed by atoms with Crippen molar-refractivity contribution in [3.8, 4) is 0 Å². The molecule has 1 aliphatic heterocycles. The zero-order valence-electron chi connectivity index (χ0n) is 7.75. The molecular weight excluding hydrogens is 371 g/mol. The molecular formula is C11H12BrIS. The summed E-state index contributed by atoms with van der Waals surface area (Å²) >= 11 is 8.17. The van der Waals surface area contributed by atoms with Crippen LogP contribution in [0.15, 0.2) is 24.3 Å². The van der Waals surface area contributed by atoms with E-state index in [4.69, 9.17) is 0 Å². The van der Waals surface area contributed by atoms with E-state index in [-0.39, 0.29) is 0 Å². The lowest BCUT2D eigenvalue weighted by Crippen LogP contribution is -2.14. The number of thioether (sulfide) groups is 1. The molecule has 0 aliphatic carbocycles. The molecule has 2 atom stereocenters. The second-order valence-corrected chi connectivity index (χ2v) is 7.14. The Morgan fingerprint density at radius 2 is 2.00 bits per heavy atom. The molecule has 1 heterocycles. The van der Waals surface area contributed by atoms with Gasteiger partial charge in [0.25, 0.3) is 0 Å². The average molecular weight is 383 g/mol. The van der Waals surface area contributed by atoms with Crippen LogP contribution in [0, 0.1) is 9.49 Å². The highest BCUT2D eigenvalue weighted by Gasteiger charge is 2.25. The Morgan fingerprint density at radius 3 is 2.57 bits per heavy atom. The van der Waals surface area contributed by atoms with Crippen molar-refractivity contribution in [1.82, 2.24) is 0 Å². The summed E-state index contributed by atoms with van der Waals surface area (Å²) in [4.78, 5) is 0.715. The minimum absolute atomic E-state index is 0.715. The molecule has 2 unspecified atom stereocenters. The van der Waals surface area contributed by atoms with Crippen LogP contribution in [-0.4, -0.2) is 16.3 Å². The van der Waals surface area contributed by atoms with Gasteiger partial charge in [-0.3, -0.25) is 0 Å². The monoisotopic (exact) mass is 382 g/mol. The van der Waals surface area contributed by atoms with Crippen molar-refractivity contribution in [2.24, 2.45) is 5.92 Å². The van der Waals surface area contributed by atoms with E-state index in [0.717, 1.165) is 5.92 Å². The maximum atomic E-state index is 3.75. The summed E-state index contributed by atoms with van der Waals surface area (Å²) < 4.78 is 1.32. The smallest absolute Gasteiger partial charge is 0.0275 e. The quantitative estimate of drug-likeness (QED) is 0.551. The van der Waals surface area contributed by atoms with Crippen LogP contribution in [0.2, 0.25) is 0 Å². The predicted octanol–water partition coefficient (Wildman–Crippen LogP) is 3.96. The molecule has 0 aromatic heterocycles. The van der Waals surface area contributed by atoms with Gasteiger partial charge >= 0.3 is 0 Å². The highest BCUT2D eigenvalue weighted by atomic mass is 127. The zero-order chi connectivity index (χ0) is 9.97. The van der Waals surface area contributed by atoms with Crippen molar-refractivity contribution in [2.75, 3.05) is 11.5 Å². The van der Waals surface area contributed by atoms with E-state index in [1.807, 2.05) is 0 Å². The normalized spacial score (nSPS) is 26.7. The predicted molar refractivity (Wildman–Crippen MR) is 76.4 cm³/mol. The maximum Gasteiger partial charge on any atom is 0.0275 e. The Morgan fingerprint density at radius 1 is 1.29 bits per heavy atom. The molecule has 2 rings (SSSR count). The van der Waals surface area contributed by atoms with Crippen LogP contribution < -0.4 is 0 Å². The van der Waals surface area contributed by atoms with E-state index in [9.17, 15) is 0 Å². The van der Waals surface area contributed by atoms with Crippen LogP contribution >= 0.6 is 50.3 Å². The molecule has 0 nitrogen and oxygen atoms in total. The van der Waals surface area contributed by atoms with Gasteiger partial charge in [0, 0.05) is 14.2 Å². The first-order chi connectivity index (χ1) is 6.75. The second kappa shape index (κ2) is 5.21. The van der Waals surface area contributed by atoms with Crippen LogP contribution in [0.4, 0.5) is 0 Å². The van der Waals surface area contributed by atoms with Gasteiger partial charge in [-0.2, -0.15) is 11.8 Å². The van der Waals surface area contributed by atoms with Crippen LogP contribution in [0.3, 0.4) is 0 Å². The third-order valence-electron chi connectivity index (χ3n) is 2.53. The minimum atomic E-state index is 0.715. The van der Waals surface area contributed by atoms with Gasteiger partial charge in [0.05, 0.1) is 0 Å². The van der Waals surface area contributed by atoms with Crippen LogP contribution in [0.5, 0.6) is 0 Å². The third kappa shape index (κ3) is 2.89. The summed E-state index contributed by atoms with van der Waals surface area (Å²) in [5.74, 6) is 3.40. The van der Waals surface area contributed by atoms with Crippen molar-refractivity contribution in [1.29, 1.82) is 0 Å². The number of benzene rings is 1. The fourth-order valence-corrected chi connectivity index (χ4v) is 4.51. The van der Waals surface area contributed by atoms with Crippen molar-refractivity contribution in [3.05, 3.63) is 33.4 Å². The van der Waals surface area contributed by atoms with Gasteiger partial charge in [0.2, 0.25) is 0 Å². The van der Waals surface area contributed by atoms with E-state index in [1.54, 1.807) is 0 Å². The molecule has 1 aromatic rings. The molecule has 1 fully saturated rings. The standard InChI is InChI=1S/C11H12BrIS/c12-11-7-14-6-9(11)5-8-1-3-10(13)4-2-8/h1-4,9,11H,5-7H2. The van der Waals surface area contributed by atoms with Crippen molar-refractivity contribution >= 4 is 50.3 Å². The number of alkyl halides is 1. The van der Waals surface area contributed by atoms with Crippen LogP contribution in [0.25, 0.3) is 0 Å². The zero-order valence-corrected chi connectivity index (χ0v) is 12.3. The fourth-order valence-electron chi connectivity index (χ4n) is 1.68. The van der Waals surface area contributed by atoms with Gasteiger partial charge < -0.3 is 0 Å². The molecule has 0 amide bonds.